The molecule has 0 N–H and O–H groups in total. The second-order valence-corrected chi connectivity index (χ2v) is 4.59. The molecular formula is C14H9F3N4O2. The highest BCUT2D eigenvalue weighted by Crippen LogP contribution is 2.26. The van der Waals surface area contributed by atoms with Crippen molar-refractivity contribution in [3.8, 4) is 11.4 Å². The van der Waals surface area contributed by atoms with Crippen LogP contribution in [0.15, 0.2) is 51.8 Å². The lowest BCUT2D eigenvalue weighted by atomic mass is 10.2. The number of benzene rings is 1. The van der Waals surface area contributed by atoms with Crippen LogP contribution in [0.5, 0.6) is 0 Å². The Kier molecular flexibility index (Phi) is 3.68. The largest absolute Gasteiger partial charge is 0.435 e. The fraction of sp³-hybridized carbons (Fsp3) is 0.143. The average Bonchev–Trinajstić information content (AvgIpc) is 2.98. The minimum absolute atomic E-state index is 0.0159. The average molecular weight is 322 g/mol. The van der Waals surface area contributed by atoms with E-state index in [-0.39, 0.29) is 18.3 Å². The van der Waals surface area contributed by atoms with Gasteiger partial charge in [-0.2, -0.15) is 23.3 Å². The first kappa shape index (κ1) is 14.9. The molecule has 118 valence electrons. The van der Waals surface area contributed by atoms with Gasteiger partial charge in [0.2, 0.25) is 11.7 Å². The Labute approximate surface area is 127 Å². The van der Waals surface area contributed by atoms with Crippen molar-refractivity contribution < 1.29 is 17.7 Å². The molecule has 0 saturated carbocycles. The number of halogens is 3. The van der Waals surface area contributed by atoms with Crippen LogP contribution in [0.25, 0.3) is 11.4 Å². The normalized spacial score (nSPS) is 11.6. The highest BCUT2D eigenvalue weighted by molar-refractivity contribution is 5.53. The molecule has 0 unspecified atom stereocenters. The quantitative estimate of drug-likeness (QED) is 0.740. The summed E-state index contributed by atoms with van der Waals surface area (Å²) < 4.78 is 43.5. The molecule has 0 aliphatic rings. The summed E-state index contributed by atoms with van der Waals surface area (Å²) in [6.45, 7) is -0.345. The first-order valence-corrected chi connectivity index (χ1v) is 6.47. The predicted molar refractivity (Wildman–Crippen MR) is 72.3 cm³/mol. The molecule has 0 bridgehead atoms. The van der Waals surface area contributed by atoms with Crippen molar-refractivity contribution in [3.63, 3.8) is 0 Å². The Morgan fingerprint density at radius 2 is 1.83 bits per heavy atom. The van der Waals surface area contributed by atoms with Crippen LogP contribution in [0.3, 0.4) is 0 Å². The third kappa shape index (κ3) is 3.28. The highest BCUT2D eigenvalue weighted by atomic mass is 19.4. The third-order valence-electron chi connectivity index (χ3n) is 2.94. The molecule has 2 aromatic heterocycles. The van der Waals surface area contributed by atoms with Gasteiger partial charge in [0, 0.05) is 11.6 Å². The second-order valence-electron chi connectivity index (χ2n) is 4.59. The zero-order valence-corrected chi connectivity index (χ0v) is 11.5. The van der Waals surface area contributed by atoms with Crippen molar-refractivity contribution in [2.45, 2.75) is 12.7 Å². The van der Waals surface area contributed by atoms with E-state index >= 15 is 0 Å². The molecule has 9 heteroatoms. The molecular weight excluding hydrogens is 313 g/mol. The molecule has 0 radical (unpaired) electrons. The molecule has 0 aliphatic heterocycles. The number of aromatic nitrogens is 4. The van der Waals surface area contributed by atoms with E-state index in [1.807, 2.05) is 6.07 Å². The minimum atomic E-state index is -4.64. The van der Waals surface area contributed by atoms with Gasteiger partial charge in [0.05, 0.1) is 0 Å². The summed E-state index contributed by atoms with van der Waals surface area (Å²) in [6.07, 6.45) is -4.64. The molecule has 1 aromatic carbocycles. The Balaban J connectivity index is 1.89. The maximum Gasteiger partial charge on any atom is 0.435 e. The fourth-order valence-electron chi connectivity index (χ4n) is 1.87. The number of hydrogen-bond donors (Lipinski definition) is 0. The van der Waals surface area contributed by atoms with Crippen LogP contribution in [0.1, 0.15) is 11.6 Å². The van der Waals surface area contributed by atoms with Crippen LogP contribution in [0.2, 0.25) is 0 Å². The Morgan fingerprint density at radius 1 is 1.09 bits per heavy atom. The summed E-state index contributed by atoms with van der Waals surface area (Å²) in [7, 11) is 0. The highest BCUT2D eigenvalue weighted by Gasteiger charge is 2.33. The van der Waals surface area contributed by atoms with Gasteiger partial charge < -0.3 is 4.52 Å². The smallest absolute Gasteiger partial charge is 0.337 e. The zero-order valence-electron chi connectivity index (χ0n) is 11.5. The van der Waals surface area contributed by atoms with Crippen molar-refractivity contribution in [2.75, 3.05) is 0 Å². The van der Waals surface area contributed by atoms with E-state index in [0.717, 1.165) is 6.07 Å². The standard InChI is InChI=1S/C14H9F3N4O2/c15-14(16,17)10-6-7-12(22)21(19-10)8-11-18-13(20-23-11)9-4-2-1-3-5-9/h1-7H,8H2. The molecule has 0 aliphatic carbocycles. The van der Waals surface area contributed by atoms with E-state index in [4.69, 9.17) is 4.52 Å². The van der Waals surface area contributed by atoms with Crippen LogP contribution in [0.4, 0.5) is 13.2 Å². The summed E-state index contributed by atoms with van der Waals surface area (Å²) >= 11 is 0. The van der Waals surface area contributed by atoms with Gasteiger partial charge in [-0.15, -0.1) is 0 Å². The summed E-state index contributed by atoms with van der Waals surface area (Å²) in [5, 5.41) is 7.00. The van der Waals surface area contributed by atoms with E-state index in [1.165, 1.54) is 0 Å². The van der Waals surface area contributed by atoms with Gasteiger partial charge in [0.15, 0.2) is 5.69 Å². The molecule has 0 amide bonds. The summed E-state index contributed by atoms with van der Waals surface area (Å²) in [4.78, 5) is 15.7. The summed E-state index contributed by atoms with van der Waals surface area (Å²) in [6, 6.07) is 10.3. The molecule has 23 heavy (non-hydrogen) atoms. The van der Waals surface area contributed by atoms with E-state index in [0.29, 0.717) is 16.3 Å². The lowest BCUT2D eigenvalue weighted by molar-refractivity contribution is -0.142. The molecule has 0 spiro atoms. The van der Waals surface area contributed by atoms with Crippen LogP contribution >= 0.6 is 0 Å². The Bertz CT molecular complexity index is 871. The molecule has 2 heterocycles. The van der Waals surface area contributed by atoms with Crippen molar-refractivity contribution in [1.82, 2.24) is 19.9 Å². The van der Waals surface area contributed by atoms with Crippen molar-refractivity contribution in [3.05, 3.63) is 64.4 Å². The predicted octanol–water partition coefficient (Wildman–Crippen LogP) is 2.36. The first-order valence-electron chi connectivity index (χ1n) is 6.47. The number of nitrogens with zero attached hydrogens (tertiary/aromatic N) is 4. The molecule has 3 rings (SSSR count). The SMILES string of the molecule is O=c1ccc(C(F)(F)F)nn1Cc1nc(-c2ccccc2)no1. The topological polar surface area (TPSA) is 73.8 Å². The van der Waals surface area contributed by atoms with Gasteiger partial charge in [-0.3, -0.25) is 4.79 Å². The van der Waals surface area contributed by atoms with Gasteiger partial charge in [0.1, 0.15) is 6.54 Å². The summed E-state index contributed by atoms with van der Waals surface area (Å²) in [5.74, 6) is 0.262. The number of rotatable bonds is 3. The van der Waals surface area contributed by atoms with Gasteiger partial charge >= 0.3 is 6.18 Å². The molecule has 0 atom stereocenters. The van der Waals surface area contributed by atoms with Crippen LogP contribution < -0.4 is 5.56 Å². The second kappa shape index (κ2) is 5.67. The molecule has 6 nitrogen and oxygen atoms in total. The monoisotopic (exact) mass is 322 g/mol. The van der Waals surface area contributed by atoms with E-state index in [9.17, 15) is 18.0 Å². The van der Waals surface area contributed by atoms with Crippen molar-refractivity contribution in [2.24, 2.45) is 0 Å². The van der Waals surface area contributed by atoms with Crippen molar-refractivity contribution in [1.29, 1.82) is 0 Å². The van der Waals surface area contributed by atoms with E-state index < -0.39 is 17.4 Å². The minimum Gasteiger partial charge on any atom is -0.337 e. The van der Waals surface area contributed by atoms with Gasteiger partial charge in [0.25, 0.3) is 5.56 Å². The maximum atomic E-state index is 12.6. The summed E-state index contributed by atoms with van der Waals surface area (Å²) in [5.41, 5.74) is -1.18. The number of alkyl halides is 3. The number of hydrogen-bond acceptors (Lipinski definition) is 5. The fourth-order valence-corrected chi connectivity index (χ4v) is 1.87. The van der Waals surface area contributed by atoms with Crippen molar-refractivity contribution >= 4 is 0 Å². The van der Waals surface area contributed by atoms with Gasteiger partial charge in [-0.1, -0.05) is 35.5 Å². The lowest BCUT2D eigenvalue weighted by Gasteiger charge is -2.07. The van der Waals surface area contributed by atoms with E-state index in [1.54, 1.807) is 24.3 Å². The first-order chi connectivity index (χ1) is 10.9. The zero-order chi connectivity index (χ0) is 16.4. The van der Waals surface area contributed by atoms with Gasteiger partial charge in [-0.05, 0) is 6.07 Å². The molecule has 0 fully saturated rings. The van der Waals surface area contributed by atoms with Crippen LogP contribution in [0, 0.1) is 0 Å². The maximum absolute atomic E-state index is 12.6. The molecule has 0 saturated heterocycles. The Hall–Kier alpha value is -2.97. The van der Waals surface area contributed by atoms with Crippen LogP contribution in [-0.4, -0.2) is 19.9 Å². The van der Waals surface area contributed by atoms with E-state index in [2.05, 4.69) is 15.2 Å². The lowest BCUT2D eigenvalue weighted by Crippen LogP contribution is -2.26. The Morgan fingerprint density at radius 3 is 2.52 bits per heavy atom. The molecule has 3 aromatic rings. The van der Waals surface area contributed by atoms with Crippen LogP contribution in [-0.2, 0) is 12.7 Å². The third-order valence-corrected chi connectivity index (χ3v) is 2.94. The van der Waals surface area contributed by atoms with Gasteiger partial charge in [-0.25, -0.2) is 4.68 Å².